The summed E-state index contributed by atoms with van der Waals surface area (Å²) < 4.78 is 10.4. The number of benzene rings is 1. The van der Waals surface area contributed by atoms with Crippen LogP contribution < -0.4 is 15.4 Å². The highest BCUT2D eigenvalue weighted by molar-refractivity contribution is 5.81. The summed E-state index contributed by atoms with van der Waals surface area (Å²) in [4.78, 5) is 11.9. The average molecular weight is 292 g/mol. The number of carbonyl (C=O) groups excluding carboxylic acids is 1. The molecule has 0 bridgehead atoms. The SMILES string of the molecule is COc1ccc(C(C)CCNC(=O)C2COCCN2)cc1. The number of amides is 1. The molecular weight excluding hydrogens is 268 g/mol. The predicted octanol–water partition coefficient (Wildman–Crippen LogP) is 1.29. The van der Waals surface area contributed by atoms with Gasteiger partial charge in [-0.25, -0.2) is 0 Å². The number of hydrogen-bond acceptors (Lipinski definition) is 4. The molecule has 1 aromatic rings. The third-order valence-corrected chi connectivity index (χ3v) is 3.80. The second-order valence-electron chi connectivity index (χ2n) is 5.34. The Bertz CT molecular complexity index is 441. The van der Waals surface area contributed by atoms with Gasteiger partial charge in [0.15, 0.2) is 0 Å². The van der Waals surface area contributed by atoms with Crippen molar-refractivity contribution in [1.82, 2.24) is 10.6 Å². The van der Waals surface area contributed by atoms with Crippen LogP contribution in [0.25, 0.3) is 0 Å². The highest BCUT2D eigenvalue weighted by atomic mass is 16.5. The molecular formula is C16H24N2O3. The zero-order chi connectivity index (χ0) is 15.1. The second kappa shape index (κ2) is 8.00. The fourth-order valence-electron chi connectivity index (χ4n) is 2.37. The van der Waals surface area contributed by atoms with Crippen LogP contribution in [-0.4, -0.2) is 45.4 Å². The summed E-state index contributed by atoms with van der Waals surface area (Å²) in [6.07, 6.45) is 0.908. The van der Waals surface area contributed by atoms with E-state index in [9.17, 15) is 4.79 Å². The molecule has 0 radical (unpaired) electrons. The van der Waals surface area contributed by atoms with Gasteiger partial charge in [-0.05, 0) is 30.0 Å². The lowest BCUT2D eigenvalue weighted by atomic mass is 9.98. The van der Waals surface area contributed by atoms with Gasteiger partial charge in [-0.3, -0.25) is 4.79 Å². The summed E-state index contributed by atoms with van der Waals surface area (Å²) in [6.45, 7) is 4.71. The quantitative estimate of drug-likeness (QED) is 0.829. The van der Waals surface area contributed by atoms with E-state index in [4.69, 9.17) is 9.47 Å². The molecule has 0 spiro atoms. The molecule has 2 atom stereocenters. The van der Waals surface area contributed by atoms with Gasteiger partial charge in [-0.15, -0.1) is 0 Å². The van der Waals surface area contributed by atoms with E-state index in [0.29, 0.717) is 25.7 Å². The highest BCUT2D eigenvalue weighted by Gasteiger charge is 2.20. The van der Waals surface area contributed by atoms with Crippen LogP contribution in [0.3, 0.4) is 0 Å². The number of carbonyl (C=O) groups is 1. The van der Waals surface area contributed by atoms with E-state index in [1.54, 1.807) is 7.11 Å². The van der Waals surface area contributed by atoms with Crippen molar-refractivity contribution in [2.75, 3.05) is 33.4 Å². The number of morpholine rings is 1. The summed E-state index contributed by atoms with van der Waals surface area (Å²) >= 11 is 0. The van der Waals surface area contributed by atoms with E-state index in [1.807, 2.05) is 12.1 Å². The van der Waals surface area contributed by atoms with Gasteiger partial charge in [0, 0.05) is 13.1 Å². The van der Waals surface area contributed by atoms with Gasteiger partial charge in [0.1, 0.15) is 11.8 Å². The van der Waals surface area contributed by atoms with Gasteiger partial charge >= 0.3 is 0 Å². The Morgan fingerprint density at radius 3 is 2.86 bits per heavy atom. The van der Waals surface area contributed by atoms with Crippen LogP contribution in [0.15, 0.2) is 24.3 Å². The molecule has 5 heteroatoms. The molecule has 0 saturated carbocycles. The minimum atomic E-state index is -0.213. The van der Waals surface area contributed by atoms with Crippen LogP contribution in [0, 0.1) is 0 Å². The molecule has 1 aromatic carbocycles. The standard InChI is InChI=1S/C16H24N2O3/c1-12(13-3-5-14(20-2)6-4-13)7-8-18-16(19)15-11-21-10-9-17-15/h3-6,12,15,17H,7-11H2,1-2H3,(H,18,19). The second-order valence-corrected chi connectivity index (χ2v) is 5.34. The molecule has 1 heterocycles. The molecule has 0 aliphatic carbocycles. The van der Waals surface area contributed by atoms with E-state index in [-0.39, 0.29) is 11.9 Å². The van der Waals surface area contributed by atoms with E-state index in [0.717, 1.165) is 18.7 Å². The van der Waals surface area contributed by atoms with Crippen molar-refractivity contribution in [2.24, 2.45) is 0 Å². The molecule has 2 rings (SSSR count). The van der Waals surface area contributed by atoms with Crippen molar-refractivity contribution >= 4 is 5.91 Å². The van der Waals surface area contributed by atoms with E-state index >= 15 is 0 Å². The summed E-state index contributed by atoms with van der Waals surface area (Å²) in [7, 11) is 1.66. The van der Waals surface area contributed by atoms with Crippen molar-refractivity contribution < 1.29 is 14.3 Å². The molecule has 2 unspecified atom stereocenters. The molecule has 1 aliphatic rings. The topological polar surface area (TPSA) is 59.6 Å². The van der Waals surface area contributed by atoms with Gasteiger partial charge in [-0.1, -0.05) is 19.1 Å². The number of nitrogens with one attached hydrogen (secondary N) is 2. The molecule has 5 nitrogen and oxygen atoms in total. The fourth-order valence-corrected chi connectivity index (χ4v) is 2.37. The summed E-state index contributed by atoms with van der Waals surface area (Å²) in [5.41, 5.74) is 1.25. The van der Waals surface area contributed by atoms with Gasteiger partial charge in [-0.2, -0.15) is 0 Å². The minimum absolute atomic E-state index is 0.0247. The molecule has 1 aliphatic heterocycles. The van der Waals surface area contributed by atoms with Crippen molar-refractivity contribution in [1.29, 1.82) is 0 Å². The largest absolute Gasteiger partial charge is 0.497 e. The van der Waals surface area contributed by atoms with Gasteiger partial charge in [0.25, 0.3) is 0 Å². The Labute approximate surface area is 126 Å². The molecule has 2 N–H and O–H groups in total. The average Bonchev–Trinajstić information content (AvgIpc) is 2.55. The van der Waals surface area contributed by atoms with Crippen LogP contribution in [-0.2, 0) is 9.53 Å². The highest BCUT2D eigenvalue weighted by Crippen LogP contribution is 2.21. The van der Waals surface area contributed by atoms with Crippen LogP contribution in [0.4, 0.5) is 0 Å². The number of methoxy groups -OCH3 is 1. The van der Waals surface area contributed by atoms with Crippen molar-refractivity contribution in [3.8, 4) is 5.75 Å². The Balaban J connectivity index is 1.72. The molecule has 1 fully saturated rings. The molecule has 21 heavy (non-hydrogen) atoms. The Morgan fingerprint density at radius 2 is 2.24 bits per heavy atom. The van der Waals surface area contributed by atoms with Crippen molar-refractivity contribution in [3.05, 3.63) is 29.8 Å². The van der Waals surface area contributed by atoms with Gasteiger partial charge in [0.05, 0.1) is 20.3 Å². The maximum absolute atomic E-state index is 11.9. The number of ether oxygens (including phenoxy) is 2. The van der Waals surface area contributed by atoms with Gasteiger partial charge in [0.2, 0.25) is 5.91 Å². The Hall–Kier alpha value is -1.59. The van der Waals surface area contributed by atoms with Crippen LogP contribution >= 0.6 is 0 Å². The van der Waals surface area contributed by atoms with E-state index in [1.165, 1.54) is 5.56 Å². The molecule has 0 aromatic heterocycles. The first-order valence-electron chi connectivity index (χ1n) is 7.43. The summed E-state index contributed by atoms with van der Waals surface area (Å²) in [5.74, 6) is 1.28. The Morgan fingerprint density at radius 1 is 1.48 bits per heavy atom. The van der Waals surface area contributed by atoms with Gasteiger partial charge < -0.3 is 20.1 Å². The van der Waals surface area contributed by atoms with Crippen molar-refractivity contribution in [2.45, 2.75) is 25.3 Å². The van der Waals surface area contributed by atoms with Crippen LogP contribution in [0.2, 0.25) is 0 Å². The fraction of sp³-hybridized carbons (Fsp3) is 0.562. The lowest BCUT2D eigenvalue weighted by Crippen LogP contribution is -2.51. The lowest BCUT2D eigenvalue weighted by molar-refractivity contribution is -0.125. The zero-order valence-corrected chi connectivity index (χ0v) is 12.7. The number of hydrogen-bond donors (Lipinski definition) is 2. The molecule has 1 saturated heterocycles. The van der Waals surface area contributed by atoms with Crippen LogP contribution in [0.5, 0.6) is 5.75 Å². The lowest BCUT2D eigenvalue weighted by Gasteiger charge is -2.23. The minimum Gasteiger partial charge on any atom is -0.497 e. The van der Waals surface area contributed by atoms with Crippen molar-refractivity contribution in [3.63, 3.8) is 0 Å². The molecule has 116 valence electrons. The maximum atomic E-state index is 11.9. The zero-order valence-electron chi connectivity index (χ0n) is 12.7. The first kappa shape index (κ1) is 15.8. The molecule has 1 amide bonds. The third-order valence-electron chi connectivity index (χ3n) is 3.80. The van der Waals surface area contributed by atoms with E-state index in [2.05, 4.69) is 29.7 Å². The smallest absolute Gasteiger partial charge is 0.239 e. The van der Waals surface area contributed by atoms with Crippen LogP contribution in [0.1, 0.15) is 24.8 Å². The summed E-state index contributed by atoms with van der Waals surface area (Å²) in [6, 6.07) is 7.86. The number of rotatable bonds is 6. The first-order valence-corrected chi connectivity index (χ1v) is 7.43. The normalized spacial score (nSPS) is 19.8. The maximum Gasteiger partial charge on any atom is 0.239 e. The monoisotopic (exact) mass is 292 g/mol. The first-order chi connectivity index (χ1) is 10.2. The predicted molar refractivity (Wildman–Crippen MR) is 81.6 cm³/mol. The Kier molecular flexibility index (Phi) is 6.02. The third kappa shape index (κ3) is 4.72. The van der Waals surface area contributed by atoms with E-state index < -0.39 is 0 Å². The summed E-state index contributed by atoms with van der Waals surface area (Å²) in [5, 5.41) is 6.12.